The monoisotopic (exact) mass is 376 g/mol. The third-order valence-electron chi connectivity index (χ3n) is 2.55. The topological polar surface area (TPSA) is 72.5 Å². The van der Waals surface area contributed by atoms with E-state index in [-0.39, 0.29) is 30.1 Å². The van der Waals surface area contributed by atoms with Gasteiger partial charge in [-0.1, -0.05) is 6.07 Å². The Hall–Kier alpha value is -1.05. The van der Waals surface area contributed by atoms with Crippen molar-refractivity contribution in [3.8, 4) is 5.88 Å². The number of ether oxygens (including phenoxy) is 1. The van der Waals surface area contributed by atoms with Gasteiger partial charge >= 0.3 is 0 Å². The van der Waals surface area contributed by atoms with Crippen molar-refractivity contribution in [1.29, 1.82) is 0 Å². The van der Waals surface area contributed by atoms with E-state index < -0.39 is 0 Å². The first-order chi connectivity index (χ1) is 8.65. The Kier molecular flexibility index (Phi) is 6.33. The molecule has 0 unspecified atom stereocenters. The van der Waals surface area contributed by atoms with Gasteiger partial charge in [0.25, 0.3) is 0 Å². The van der Waals surface area contributed by atoms with E-state index in [0.29, 0.717) is 24.4 Å². The lowest BCUT2D eigenvalue weighted by atomic mass is 10.2. The molecular weight excluding hydrogens is 355 g/mol. The third kappa shape index (κ3) is 5.63. The second-order valence-corrected chi connectivity index (χ2v) is 4.75. The lowest BCUT2D eigenvalue weighted by Gasteiger charge is -2.11. The largest absolute Gasteiger partial charge is 0.475 e. The average Bonchev–Trinajstić information content (AvgIpc) is 3.11. The molecule has 5 nitrogen and oxygen atoms in total. The molecule has 0 atom stereocenters. The Balaban J connectivity index is 0.00000180. The van der Waals surface area contributed by atoms with E-state index in [1.54, 1.807) is 6.20 Å². The van der Waals surface area contributed by atoms with Crippen LogP contribution in [0.2, 0.25) is 0 Å². The maximum absolute atomic E-state index is 5.79. The van der Waals surface area contributed by atoms with Gasteiger partial charge in [-0.15, -0.1) is 24.0 Å². The van der Waals surface area contributed by atoms with E-state index >= 15 is 0 Å². The van der Waals surface area contributed by atoms with E-state index in [1.165, 1.54) is 12.8 Å². The lowest BCUT2D eigenvalue weighted by molar-refractivity contribution is 0.230. The average molecular weight is 376 g/mol. The number of halogens is 1. The quantitative estimate of drug-likeness (QED) is 0.469. The van der Waals surface area contributed by atoms with Gasteiger partial charge in [0.15, 0.2) is 5.96 Å². The number of rotatable bonds is 5. The van der Waals surface area contributed by atoms with Crippen molar-refractivity contribution >= 4 is 29.9 Å². The number of hydrogen-bond acceptors (Lipinski definition) is 3. The Labute approximate surface area is 131 Å². The highest BCUT2D eigenvalue weighted by atomic mass is 127. The predicted octanol–water partition coefficient (Wildman–Crippen LogP) is 2.05. The zero-order valence-corrected chi connectivity index (χ0v) is 13.6. The van der Waals surface area contributed by atoms with Crippen molar-refractivity contribution in [1.82, 2.24) is 10.3 Å². The highest BCUT2D eigenvalue weighted by molar-refractivity contribution is 14.0. The molecule has 1 aromatic rings. The van der Waals surface area contributed by atoms with Gasteiger partial charge in [0.1, 0.15) is 0 Å². The Morgan fingerprint density at radius 3 is 2.95 bits per heavy atom. The summed E-state index contributed by atoms with van der Waals surface area (Å²) in [4.78, 5) is 8.52. The summed E-state index contributed by atoms with van der Waals surface area (Å²) in [5.41, 5.74) is 6.74. The SMILES string of the molecule is CC(C)Oc1ncccc1CN=C(N)NC1CC1.I. The van der Waals surface area contributed by atoms with Crippen LogP contribution >= 0.6 is 24.0 Å². The van der Waals surface area contributed by atoms with Gasteiger partial charge in [0, 0.05) is 17.8 Å². The fraction of sp³-hybridized carbons (Fsp3) is 0.538. The second-order valence-electron chi connectivity index (χ2n) is 4.75. The van der Waals surface area contributed by atoms with E-state index in [0.717, 1.165) is 5.56 Å². The third-order valence-corrected chi connectivity index (χ3v) is 2.55. The molecule has 0 amide bonds. The minimum Gasteiger partial charge on any atom is -0.475 e. The number of pyridine rings is 1. The summed E-state index contributed by atoms with van der Waals surface area (Å²) in [5.74, 6) is 1.13. The Morgan fingerprint density at radius 1 is 1.58 bits per heavy atom. The molecule has 0 spiro atoms. The second kappa shape index (κ2) is 7.52. The zero-order chi connectivity index (χ0) is 13.0. The number of guanidine groups is 1. The first-order valence-corrected chi connectivity index (χ1v) is 6.32. The molecule has 1 aromatic heterocycles. The minimum absolute atomic E-state index is 0. The molecule has 1 aliphatic carbocycles. The summed E-state index contributed by atoms with van der Waals surface area (Å²) in [6.45, 7) is 4.44. The van der Waals surface area contributed by atoms with Crippen molar-refractivity contribution in [3.63, 3.8) is 0 Å². The fourth-order valence-corrected chi connectivity index (χ4v) is 1.53. The molecule has 1 saturated carbocycles. The minimum atomic E-state index is 0. The fourth-order valence-electron chi connectivity index (χ4n) is 1.53. The highest BCUT2D eigenvalue weighted by Crippen LogP contribution is 2.19. The summed E-state index contributed by atoms with van der Waals surface area (Å²) >= 11 is 0. The molecule has 0 radical (unpaired) electrons. The van der Waals surface area contributed by atoms with Crippen molar-refractivity contribution in [2.24, 2.45) is 10.7 Å². The van der Waals surface area contributed by atoms with Crippen LogP contribution in [0, 0.1) is 0 Å². The number of nitrogens with two attached hydrogens (primary N) is 1. The van der Waals surface area contributed by atoms with Crippen LogP contribution in [0.5, 0.6) is 5.88 Å². The van der Waals surface area contributed by atoms with E-state index in [9.17, 15) is 0 Å². The maximum Gasteiger partial charge on any atom is 0.218 e. The van der Waals surface area contributed by atoms with Crippen LogP contribution in [0.25, 0.3) is 0 Å². The number of aliphatic imine (C=N–C) groups is 1. The molecular formula is C13H21IN4O. The molecule has 1 fully saturated rings. The van der Waals surface area contributed by atoms with Crippen LogP contribution in [-0.4, -0.2) is 23.1 Å². The van der Waals surface area contributed by atoms with Crippen LogP contribution in [-0.2, 0) is 6.54 Å². The first kappa shape index (κ1) is 16.0. The van der Waals surface area contributed by atoms with Gasteiger partial charge in [0.05, 0.1) is 12.6 Å². The molecule has 0 aliphatic heterocycles. The Bertz CT molecular complexity index is 432. The lowest BCUT2D eigenvalue weighted by Crippen LogP contribution is -2.33. The molecule has 0 saturated heterocycles. The molecule has 2 rings (SSSR count). The first-order valence-electron chi connectivity index (χ1n) is 6.32. The van der Waals surface area contributed by atoms with Crippen LogP contribution in [0.4, 0.5) is 0 Å². The summed E-state index contributed by atoms with van der Waals surface area (Å²) < 4.78 is 5.63. The maximum atomic E-state index is 5.79. The van der Waals surface area contributed by atoms with Gasteiger partial charge in [0.2, 0.25) is 5.88 Å². The summed E-state index contributed by atoms with van der Waals surface area (Å²) in [6, 6.07) is 4.36. The zero-order valence-electron chi connectivity index (χ0n) is 11.3. The van der Waals surface area contributed by atoms with Crippen LogP contribution in [0.15, 0.2) is 23.3 Å². The van der Waals surface area contributed by atoms with Gasteiger partial charge < -0.3 is 15.8 Å². The summed E-state index contributed by atoms with van der Waals surface area (Å²) in [7, 11) is 0. The van der Waals surface area contributed by atoms with Gasteiger partial charge in [-0.2, -0.15) is 0 Å². The molecule has 106 valence electrons. The standard InChI is InChI=1S/C13H20N4O.HI/c1-9(2)18-12-10(4-3-7-15-12)8-16-13(14)17-11-5-6-11;/h3-4,7,9,11H,5-6,8H2,1-2H3,(H3,14,16,17);1H. The molecule has 3 N–H and O–H groups in total. The Morgan fingerprint density at radius 2 is 2.32 bits per heavy atom. The van der Waals surface area contributed by atoms with Gasteiger partial charge in [-0.25, -0.2) is 9.98 Å². The number of nitrogens with zero attached hydrogens (tertiary/aromatic N) is 2. The van der Waals surface area contributed by atoms with Crippen LogP contribution in [0.3, 0.4) is 0 Å². The smallest absolute Gasteiger partial charge is 0.218 e. The summed E-state index contributed by atoms with van der Waals surface area (Å²) in [6.07, 6.45) is 4.19. The van der Waals surface area contributed by atoms with Crippen molar-refractivity contribution in [2.45, 2.75) is 45.4 Å². The van der Waals surface area contributed by atoms with E-state index in [2.05, 4.69) is 15.3 Å². The molecule has 6 heteroatoms. The van der Waals surface area contributed by atoms with E-state index in [1.807, 2.05) is 26.0 Å². The molecule has 19 heavy (non-hydrogen) atoms. The van der Waals surface area contributed by atoms with Gasteiger partial charge in [-0.05, 0) is 32.8 Å². The van der Waals surface area contributed by atoms with Crippen molar-refractivity contribution < 1.29 is 4.74 Å². The highest BCUT2D eigenvalue weighted by Gasteiger charge is 2.21. The van der Waals surface area contributed by atoms with Crippen molar-refractivity contribution in [3.05, 3.63) is 23.9 Å². The molecule has 0 bridgehead atoms. The van der Waals surface area contributed by atoms with Crippen molar-refractivity contribution in [2.75, 3.05) is 0 Å². The van der Waals surface area contributed by atoms with Crippen LogP contribution in [0.1, 0.15) is 32.3 Å². The number of nitrogens with one attached hydrogen (secondary N) is 1. The van der Waals surface area contributed by atoms with Crippen LogP contribution < -0.4 is 15.8 Å². The van der Waals surface area contributed by atoms with Gasteiger partial charge in [-0.3, -0.25) is 0 Å². The number of hydrogen-bond donors (Lipinski definition) is 2. The van der Waals surface area contributed by atoms with E-state index in [4.69, 9.17) is 10.5 Å². The predicted molar refractivity (Wildman–Crippen MR) is 86.9 cm³/mol. The normalized spacial score (nSPS) is 15.0. The molecule has 1 heterocycles. The summed E-state index contributed by atoms with van der Waals surface area (Å²) in [5, 5.41) is 3.15. The molecule has 1 aliphatic rings. The number of aromatic nitrogens is 1. The molecule has 0 aromatic carbocycles.